The molecule has 1 aromatic heterocycles. The summed E-state index contributed by atoms with van der Waals surface area (Å²) in [6.45, 7) is 0.388. The van der Waals surface area contributed by atoms with Crippen LogP contribution in [0.15, 0.2) is 42.6 Å². The smallest absolute Gasteiger partial charge is 0.144 e. The van der Waals surface area contributed by atoms with Crippen molar-refractivity contribution in [2.45, 2.75) is 0 Å². The normalized spacial score (nSPS) is 9.78. The van der Waals surface area contributed by atoms with Crippen molar-refractivity contribution in [2.24, 2.45) is 0 Å². The molecule has 0 aliphatic carbocycles. The molecule has 1 aromatic carbocycles. The summed E-state index contributed by atoms with van der Waals surface area (Å²) in [4.78, 5) is 4.22. The Morgan fingerprint density at radius 1 is 1.22 bits per heavy atom. The Hall–Kier alpha value is -2.38. The van der Waals surface area contributed by atoms with Crippen molar-refractivity contribution in [2.75, 3.05) is 18.5 Å². The van der Waals surface area contributed by atoms with Crippen LogP contribution in [0.4, 0.5) is 5.82 Å². The van der Waals surface area contributed by atoms with Gasteiger partial charge < -0.3 is 10.4 Å². The second-order valence-electron chi connectivity index (χ2n) is 3.75. The number of hydrogen-bond donors (Lipinski definition) is 2. The topological polar surface area (TPSA) is 68.9 Å². The summed E-state index contributed by atoms with van der Waals surface area (Å²) in [5.41, 5.74) is 2.40. The van der Waals surface area contributed by atoms with Crippen LogP contribution in [0.2, 0.25) is 0 Å². The fourth-order valence-electron chi connectivity index (χ4n) is 1.65. The van der Waals surface area contributed by atoms with Crippen LogP contribution in [-0.4, -0.2) is 23.2 Å². The molecule has 2 aromatic rings. The molecule has 0 fully saturated rings. The van der Waals surface area contributed by atoms with Gasteiger partial charge in [0.25, 0.3) is 0 Å². The molecule has 0 atom stereocenters. The number of aliphatic hydroxyl groups is 1. The van der Waals surface area contributed by atoms with E-state index in [0.29, 0.717) is 17.9 Å². The average Bonchev–Trinajstić information content (AvgIpc) is 2.46. The minimum atomic E-state index is 0.00693. The zero-order valence-corrected chi connectivity index (χ0v) is 9.80. The Labute approximate surface area is 106 Å². The highest BCUT2D eigenvalue weighted by molar-refractivity contribution is 5.67. The molecule has 2 rings (SSSR count). The van der Waals surface area contributed by atoms with Gasteiger partial charge in [0.15, 0.2) is 0 Å². The molecule has 2 N–H and O–H groups in total. The Bertz CT molecular complexity index is 561. The third kappa shape index (κ3) is 2.65. The van der Waals surface area contributed by atoms with Crippen molar-refractivity contribution < 1.29 is 5.11 Å². The number of aromatic nitrogens is 1. The van der Waals surface area contributed by atoms with Crippen molar-refractivity contribution in [3.05, 3.63) is 48.2 Å². The predicted molar refractivity (Wildman–Crippen MR) is 70.0 cm³/mol. The van der Waals surface area contributed by atoms with Gasteiger partial charge in [-0.25, -0.2) is 4.98 Å². The summed E-state index contributed by atoms with van der Waals surface area (Å²) < 4.78 is 0. The number of pyridine rings is 1. The molecule has 1 heterocycles. The van der Waals surface area contributed by atoms with Crippen LogP contribution in [0, 0.1) is 11.3 Å². The molecule has 90 valence electrons. The van der Waals surface area contributed by atoms with E-state index in [2.05, 4.69) is 16.4 Å². The molecule has 0 amide bonds. The second-order valence-corrected chi connectivity index (χ2v) is 3.75. The largest absolute Gasteiger partial charge is 0.395 e. The third-order valence-corrected chi connectivity index (χ3v) is 2.52. The summed E-state index contributed by atoms with van der Waals surface area (Å²) >= 11 is 0. The van der Waals surface area contributed by atoms with Crippen LogP contribution in [0.1, 0.15) is 5.56 Å². The summed E-state index contributed by atoms with van der Waals surface area (Å²) in [7, 11) is 0. The lowest BCUT2D eigenvalue weighted by Crippen LogP contribution is -2.08. The van der Waals surface area contributed by atoms with E-state index in [1.165, 1.54) is 0 Å². The van der Waals surface area contributed by atoms with Crippen LogP contribution in [-0.2, 0) is 0 Å². The van der Waals surface area contributed by atoms with Crippen molar-refractivity contribution in [3.8, 4) is 17.2 Å². The van der Waals surface area contributed by atoms with E-state index in [1.807, 2.05) is 30.3 Å². The number of aliphatic hydroxyl groups excluding tert-OH is 1. The molecule has 0 saturated heterocycles. The molecule has 0 bridgehead atoms. The number of nitrogens with one attached hydrogen (secondary N) is 1. The van der Waals surface area contributed by atoms with Crippen molar-refractivity contribution in [1.29, 1.82) is 5.26 Å². The van der Waals surface area contributed by atoms with E-state index >= 15 is 0 Å². The first-order valence-corrected chi connectivity index (χ1v) is 5.65. The van der Waals surface area contributed by atoms with Gasteiger partial charge in [0, 0.05) is 18.3 Å². The van der Waals surface area contributed by atoms with Crippen molar-refractivity contribution in [3.63, 3.8) is 0 Å². The third-order valence-electron chi connectivity index (χ3n) is 2.52. The van der Waals surface area contributed by atoms with E-state index in [4.69, 9.17) is 10.4 Å². The van der Waals surface area contributed by atoms with E-state index < -0.39 is 0 Å². The second kappa shape index (κ2) is 5.80. The Morgan fingerprint density at radius 2 is 2.00 bits per heavy atom. The van der Waals surface area contributed by atoms with Gasteiger partial charge in [-0.15, -0.1) is 0 Å². The fourth-order valence-corrected chi connectivity index (χ4v) is 1.65. The number of rotatable bonds is 4. The van der Waals surface area contributed by atoms with E-state index in [1.54, 1.807) is 12.3 Å². The summed E-state index contributed by atoms with van der Waals surface area (Å²) in [6, 6.07) is 13.7. The van der Waals surface area contributed by atoms with Gasteiger partial charge in [0.05, 0.1) is 12.2 Å². The highest BCUT2D eigenvalue weighted by Crippen LogP contribution is 2.22. The number of nitrogens with zero attached hydrogens (tertiary/aromatic N) is 2. The molecule has 4 heteroatoms. The first-order valence-electron chi connectivity index (χ1n) is 5.65. The lowest BCUT2D eigenvalue weighted by molar-refractivity contribution is 0.311. The van der Waals surface area contributed by atoms with Gasteiger partial charge in [-0.2, -0.15) is 5.26 Å². The van der Waals surface area contributed by atoms with E-state index in [0.717, 1.165) is 11.1 Å². The van der Waals surface area contributed by atoms with Gasteiger partial charge in [0.1, 0.15) is 11.9 Å². The minimum Gasteiger partial charge on any atom is -0.395 e. The Balaban J connectivity index is 2.34. The highest BCUT2D eigenvalue weighted by atomic mass is 16.3. The Kier molecular flexibility index (Phi) is 3.90. The average molecular weight is 239 g/mol. The zero-order chi connectivity index (χ0) is 12.8. The maximum atomic E-state index is 9.10. The number of anilines is 1. The first-order chi connectivity index (χ1) is 8.85. The molecule has 18 heavy (non-hydrogen) atoms. The van der Waals surface area contributed by atoms with Crippen LogP contribution < -0.4 is 5.32 Å². The van der Waals surface area contributed by atoms with Gasteiger partial charge >= 0.3 is 0 Å². The quantitative estimate of drug-likeness (QED) is 0.856. The maximum Gasteiger partial charge on any atom is 0.144 e. The molecule has 0 spiro atoms. The van der Waals surface area contributed by atoms with Crippen LogP contribution in [0.5, 0.6) is 0 Å². The molecule has 0 saturated carbocycles. The predicted octanol–water partition coefficient (Wildman–Crippen LogP) is 2.02. The SMILES string of the molecule is N#Cc1cc(-c2ccccc2)cnc1NCCO. The van der Waals surface area contributed by atoms with Gasteiger partial charge in [0.2, 0.25) is 0 Å². The standard InChI is InChI=1S/C14H13N3O/c15-9-12-8-13(11-4-2-1-3-5-11)10-17-14(12)16-6-7-18/h1-5,8,10,18H,6-7H2,(H,16,17). The summed E-state index contributed by atoms with van der Waals surface area (Å²) in [5, 5.41) is 20.8. The monoisotopic (exact) mass is 239 g/mol. The van der Waals surface area contributed by atoms with E-state index in [-0.39, 0.29) is 6.61 Å². The summed E-state index contributed by atoms with van der Waals surface area (Å²) in [6.07, 6.45) is 1.72. The van der Waals surface area contributed by atoms with Gasteiger partial charge in [-0.3, -0.25) is 0 Å². The van der Waals surface area contributed by atoms with Crippen molar-refractivity contribution in [1.82, 2.24) is 4.98 Å². The molecule has 0 aliphatic rings. The van der Waals surface area contributed by atoms with Crippen LogP contribution >= 0.6 is 0 Å². The van der Waals surface area contributed by atoms with Gasteiger partial charge in [-0.05, 0) is 11.6 Å². The fraction of sp³-hybridized carbons (Fsp3) is 0.143. The van der Waals surface area contributed by atoms with Gasteiger partial charge in [-0.1, -0.05) is 30.3 Å². The summed E-state index contributed by atoms with van der Waals surface area (Å²) in [5.74, 6) is 0.506. The molecule has 0 unspecified atom stereocenters. The molecule has 0 aliphatic heterocycles. The van der Waals surface area contributed by atoms with Crippen LogP contribution in [0.25, 0.3) is 11.1 Å². The Morgan fingerprint density at radius 3 is 2.67 bits per heavy atom. The number of hydrogen-bond acceptors (Lipinski definition) is 4. The first kappa shape index (κ1) is 12.1. The van der Waals surface area contributed by atoms with E-state index in [9.17, 15) is 0 Å². The lowest BCUT2D eigenvalue weighted by Gasteiger charge is -2.07. The minimum absolute atomic E-state index is 0.00693. The zero-order valence-electron chi connectivity index (χ0n) is 9.80. The number of benzene rings is 1. The maximum absolute atomic E-state index is 9.10. The lowest BCUT2D eigenvalue weighted by atomic mass is 10.1. The number of nitriles is 1. The molecular formula is C14H13N3O. The van der Waals surface area contributed by atoms with Crippen LogP contribution in [0.3, 0.4) is 0 Å². The highest BCUT2D eigenvalue weighted by Gasteiger charge is 2.05. The van der Waals surface area contributed by atoms with Crippen molar-refractivity contribution >= 4 is 5.82 Å². The molecule has 4 nitrogen and oxygen atoms in total. The molecule has 0 radical (unpaired) electrons. The molecular weight excluding hydrogens is 226 g/mol.